The normalized spacial score (nSPS) is 11.4. The largest absolute Gasteiger partial charge is 3.00 e. The number of fused-ring (bicyclic) bond motifs is 7. The number of nitrogens with zero attached hydrogens (tertiary/aromatic N) is 4. The Morgan fingerprint density at radius 3 is 1.79 bits per heavy atom. The SMILES string of the molecule is CC(C)c1cc(-c2ccc3c(c2)oc2ccccc23)cc(C(C)C)c1-n1c(-c2[c-]ccc3c2oc2ccccc23)nc2ccccc21.[Ir+3].[c-]1ccccc1-c1cc(CCc2ccccc2Oc2ccccc2CCc2cc[c-]c(-c3ccccn3)c2)ccn1. The Morgan fingerprint density at radius 1 is 0.449 bits per heavy atom. The summed E-state index contributed by atoms with van der Waals surface area (Å²) in [5.41, 5.74) is 21.2. The van der Waals surface area contributed by atoms with Gasteiger partial charge in [-0.15, -0.1) is 89.5 Å². The molecule has 0 amide bonds. The summed E-state index contributed by atoms with van der Waals surface area (Å²) in [5, 5.41) is 4.44. The molecule has 10 aromatic carbocycles. The van der Waals surface area contributed by atoms with Crippen LogP contribution in [0.15, 0.2) is 258 Å². The van der Waals surface area contributed by atoms with Crippen molar-refractivity contribution in [3.05, 3.63) is 301 Å². The maximum Gasteiger partial charge on any atom is 3.00 e. The van der Waals surface area contributed by atoms with Crippen molar-refractivity contribution in [3.8, 4) is 62.2 Å². The van der Waals surface area contributed by atoms with Crippen molar-refractivity contribution < 1.29 is 33.7 Å². The minimum atomic E-state index is 0. The fourth-order valence-corrected chi connectivity index (χ4v) is 12.1. The molecular weight excluding hydrogens is 1270 g/mol. The van der Waals surface area contributed by atoms with Crippen molar-refractivity contribution in [1.29, 1.82) is 0 Å². The van der Waals surface area contributed by atoms with E-state index in [1.165, 1.54) is 44.6 Å². The molecule has 434 valence electrons. The van der Waals surface area contributed by atoms with E-state index in [0.717, 1.165) is 132 Å². The molecule has 8 heteroatoms. The zero-order chi connectivity index (χ0) is 59.5. The van der Waals surface area contributed by atoms with Gasteiger partial charge in [-0.2, -0.15) is 0 Å². The minimum absolute atomic E-state index is 0. The molecule has 0 spiro atoms. The van der Waals surface area contributed by atoms with Crippen LogP contribution in [0, 0.1) is 18.2 Å². The Bertz CT molecular complexity index is 4830. The van der Waals surface area contributed by atoms with E-state index >= 15 is 0 Å². The van der Waals surface area contributed by atoms with Gasteiger partial charge in [0, 0.05) is 34.2 Å². The summed E-state index contributed by atoms with van der Waals surface area (Å²) in [4.78, 5) is 14.3. The maximum absolute atomic E-state index is 6.57. The Balaban J connectivity index is 0.000000164. The van der Waals surface area contributed by atoms with Gasteiger partial charge in [-0.25, -0.2) is 0 Å². The van der Waals surface area contributed by atoms with E-state index in [1.807, 2.05) is 103 Å². The predicted molar refractivity (Wildman–Crippen MR) is 358 cm³/mol. The number of rotatable bonds is 15. The average molecular weight is 1330 g/mol. The molecule has 0 N–H and O–H groups in total. The van der Waals surface area contributed by atoms with E-state index in [4.69, 9.17) is 18.6 Å². The van der Waals surface area contributed by atoms with E-state index in [9.17, 15) is 0 Å². The molecule has 5 heterocycles. The second-order valence-electron chi connectivity index (χ2n) is 23.0. The summed E-state index contributed by atoms with van der Waals surface area (Å²) >= 11 is 0. The van der Waals surface area contributed by atoms with E-state index in [0.29, 0.717) is 0 Å². The van der Waals surface area contributed by atoms with E-state index in [1.54, 1.807) is 0 Å². The van der Waals surface area contributed by atoms with Gasteiger partial charge in [-0.3, -0.25) is 4.98 Å². The van der Waals surface area contributed by atoms with Crippen molar-refractivity contribution in [2.45, 2.75) is 65.2 Å². The third-order valence-corrected chi connectivity index (χ3v) is 16.6. The summed E-state index contributed by atoms with van der Waals surface area (Å²) in [6.45, 7) is 9.11. The molecule has 15 rings (SSSR count). The first-order chi connectivity index (χ1) is 43.3. The van der Waals surface area contributed by atoms with Gasteiger partial charge in [0.25, 0.3) is 0 Å². The second kappa shape index (κ2) is 25.8. The summed E-state index contributed by atoms with van der Waals surface area (Å²) in [6.07, 6.45) is 7.25. The van der Waals surface area contributed by atoms with Crippen LogP contribution in [-0.2, 0) is 45.8 Å². The molecule has 15 aromatic rings. The molecule has 0 unspecified atom stereocenters. The Morgan fingerprint density at radius 2 is 1.07 bits per heavy atom. The summed E-state index contributed by atoms with van der Waals surface area (Å²) in [7, 11) is 0. The van der Waals surface area contributed by atoms with Crippen molar-refractivity contribution in [3.63, 3.8) is 0 Å². The van der Waals surface area contributed by atoms with Crippen LogP contribution in [0.5, 0.6) is 11.5 Å². The van der Waals surface area contributed by atoms with Crippen molar-refractivity contribution >= 4 is 54.9 Å². The number of ether oxygens (including phenoxy) is 1. The molecule has 0 fully saturated rings. The smallest absolute Gasteiger partial charge is 0.501 e. The standard InChI is InChI=1S/C43H33N2O2.C38H30N2O.Ir/c1-25(2)34-22-28(27-20-21-31-29-12-5-9-18-38(29)46-40(31)24-27)23-35(26(3)4)41(34)45-37-17-8-7-16-36(37)44-43(45)33-15-11-14-32-30-13-6-10-19-39(30)47-42(32)33;1-2-12-31(13-3-1)36-28-30(24-26-40-36)21-23-33-15-5-7-19-38(33)41-37-18-6-4-14-32(37)22-20-29-11-10-16-34(27-29)35-17-8-9-25-39-35;/h5-14,16-26H,1-4H3;1-12,14-15,17-19,24-28H,20-23H2;/q-1;-2;+3. The number of hydrogen-bond donors (Lipinski definition) is 0. The number of aryl methyl sites for hydroxylation is 4. The first-order valence-electron chi connectivity index (χ1n) is 30.4. The molecular formula is C81H63IrN4O3. The summed E-state index contributed by atoms with van der Waals surface area (Å²) in [5.74, 6) is 3.13. The molecule has 0 aliphatic carbocycles. The first kappa shape index (κ1) is 58.1. The molecule has 0 radical (unpaired) electrons. The number of imidazole rings is 1. The molecule has 0 saturated carbocycles. The van der Waals surface area contributed by atoms with Crippen molar-refractivity contribution in [1.82, 2.24) is 19.5 Å². The van der Waals surface area contributed by atoms with E-state index in [2.05, 4.69) is 206 Å². The van der Waals surface area contributed by atoms with Gasteiger partial charge < -0.3 is 28.1 Å². The van der Waals surface area contributed by atoms with Crippen molar-refractivity contribution in [2.75, 3.05) is 0 Å². The van der Waals surface area contributed by atoms with Gasteiger partial charge in [0.1, 0.15) is 28.2 Å². The fourth-order valence-electron chi connectivity index (χ4n) is 12.1. The Hall–Kier alpha value is -9.98. The second-order valence-corrected chi connectivity index (χ2v) is 23.0. The average Bonchev–Trinajstić information content (AvgIpc) is 2.27. The molecule has 0 saturated heterocycles. The van der Waals surface area contributed by atoms with Crippen LogP contribution in [0.2, 0.25) is 0 Å². The Kier molecular flexibility index (Phi) is 16.8. The van der Waals surface area contributed by atoms with Crippen molar-refractivity contribution in [2.24, 2.45) is 0 Å². The predicted octanol–water partition coefficient (Wildman–Crippen LogP) is 21.0. The summed E-state index contributed by atoms with van der Waals surface area (Å²) < 4.78 is 21.7. The van der Waals surface area contributed by atoms with Crippen LogP contribution >= 0.6 is 0 Å². The third kappa shape index (κ3) is 12.0. The van der Waals surface area contributed by atoms with E-state index < -0.39 is 0 Å². The molecule has 5 aromatic heterocycles. The van der Waals surface area contributed by atoms with Gasteiger partial charge in [0.15, 0.2) is 0 Å². The number of benzene rings is 10. The first-order valence-corrected chi connectivity index (χ1v) is 30.4. The van der Waals surface area contributed by atoms with Crippen LogP contribution in [0.3, 0.4) is 0 Å². The number of furan rings is 2. The zero-order valence-corrected chi connectivity index (χ0v) is 52.4. The van der Waals surface area contributed by atoms with Gasteiger partial charge >= 0.3 is 20.1 Å². The topological polar surface area (TPSA) is 79.1 Å². The van der Waals surface area contributed by atoms with Crippen LogP contribution < -0.4 is 4.74 Å². The number of pyridine rings is 2. The quantitative estimate of drug-likeness (QED) is 0.0952. The fraction of sp³-hybridized carbons (Fsp3) is 0.123. The molecule has 0 aliphatic heterocycles. The third-order valence-electron chi connectivity index (χ3n) is 16.6. The maximum atomic E-state index is 6.57. The van der Waals surface area contributed by atoms with Crippen LogP contribution in [-0.4, -0.2) is 19.5 Å². The summed E-state index contributed by atoms with van der Waals surface area (Å²) in [6, 6.07) is 91.5. The molecule has 0 aliphatic rings. The molecule has 89 heavy (non-hydrogen) atoms. The number of para-hydroxylation sites is 6. The minimum Gasteiger partial charge on any atom is -0.501 e. The van der Waals surface area contributed by atoms with Gasteiger partial charge in [-0.1, -0.05) is 153 Å². The molecule has 0 atom stereocenters. The number of aromatic nitrogens is 4. The van der Waals surface area contributed by atoms with Gasteiger partial charge in [0.2, 0.25) is 0 Å². The Labute approximate surface area is 532 Å². The van der Waals surface area contributed by atoms with Crippen LogP contribution in [0.1, 0.15) is 72.9 Å². The van der Waals surface area contributed by atoms with E-state index in [-0.39, 0.29) is 31.9 Å². The van der Waals surface area contributed by atoms with Gasteiger partial charge in [-0.05, 0) is 155 Å². The van der Waals surface area contributed by atoms with Crippen LogP contribution in [0.4, 0.5) is 0 Å². The number of hydrogen-bond acceptors (Lipinski definition) is 6. The van der Waals surface area contributed by atoms with Crippen LogP contribution in [0.25, 0.3) is 106 Å². The molecule has 0 bridgehead atoms. The van der Waals surface area contributed by atoms with Gasteiger partial charge in [0.05, 0.1) is 22.4 Å². The molecule has 7 nitrogen and oxygen atoms in total. The zero-order valence-electron chi connectivity index (χ0n) is 50.0. The monoisotopic (exact) mass is 1330 g/mol.